The van der Waals surface area contributed by atoms with Crippen molar-refractivity contribution in [2.24, 2.45) is 5.41 Å². The number of nitrogens with one attached hydrogen (secondary N) is 2. The molecule has 2 amide bonds. The number of amides is 2. The third kappa shape index (κ3) is 6.43. The summed E-state index contributed by atoms with van der Waals surface area (Å²) in [5.74, 6) is 0.408. The van der Waals surface area contributed by atoms with Gasteiger partial charge in [-0.15, -0.1) is 11.3 Å². The molecule has 2 aromatic rings. The van der Waals surface area contributed by atoms with Gasteiger partial charge in [0, 0.05) is 29.5 Å². The van der Waals surface area contributed by atoms with E-state index in [0.29, 0.717) is 23.3 Å². The van der Waals surface area contributed by atoms with Crippen LogP contribution in [0.2, 0.25) is 5.02 Å². The number of halogens is 1. The maximum absolute atomic E-state index is 12.8. The van der Waals surface area contributed by atoms with Crippen molar-refractivity contribution in [3.63, 3.8) is 0 Å². The molecule has 0 radical (unpaired) electrons. The van der Waals surface area contributed by atoms with Gasteiger partial charge in [-0.25, -0.2) is 4.98 Å². The Morgan fingerprint density at radius 2 is 2.00 bits per heavy atom. The summed E-state index contributed by atoms with van der Waals surface area (Å²) < 4.78 is 0. The fraction of sp³-hybridized carbons (Fsp3) is 0.522. The molecule has 0 aliphatic carbocycles. The van der Waals surface area contributed by atoms with Gasteiger partial charge in [-0.05, 0) is 49.3 Å². The third-order valence-corrected chi connectivity index (χ3v) is 6.69. The lowest BCUT2D eigenvalue weighted by Gasteiger charge is -2.44. The van der Waals surface area contributed by atoms with Gasteiger partial charge in [0.15, 0.2) is 5.13 Å². The number of anilines is 1. The van der Waals surface area contributed by atoms with E-state index in [1.807, 2.05) is 36.3 Å². The molecule has 1 unspecified atom stereocenters. The molecule has 1 aliphatic heterocycles. The molecule has 2 N–H and O–H groups in total. The van der Waals surface area contributed by atoms with Crippen LogP contribution in [0.4, 0.5) is 5.13 Å². The Labute approximate surface area is 193 Å². The largest absolute Gasteiger partial charge is 0.354 e. The van der Waals surface area contributed by atoms with Crippen LogP contribution < -0.4 is 10.6 Å². The summed E-state index contributed by atoms with van der Waals surface area (Å²) in [5.41, 5.74) is 1.96. The van der Waals surface area contributed by atoms with Crippen molar-refractivity contribution in [3.05, 3.63) is 45.9 Å². The third-order valence-electron chi connectivity index (χ3n) is 5.59. The van der Waals surface area contributed by atoms with E-state index in [1.54, 1.807) is 0 Å². The SMILES string of the molecule is CC(C)NC(=O)Cc1csc(NCC(=O)N2CCC(c3ccc(Cl)cc3)C(C)(C)C2)n1. The molecule has 31 heavy (non-hydrogen) atoms. The van der Waals surface area contributed by atoms with Gasteiger partial charge in [-0.2, -0.15) is 0 Å². The molecule has 1 aromatic heterocycles. The van der Waals surface area contributed by atoms with E-state index in [0.717, 1.165) is 18.0 Å². The van der Waals surface area contributed by atoms with Gasteiger partial charge in [0.05, 0.1) is 18.7 Å². The zero-order valence-electron chi connectivity index (χ0n) is 18.6. The van der Waals surface area contributed by atoms with Crippen LogP contribution in [0.25, 0.3) is 0 Å². The number of hydrogen-bond donors (Lipinski definition) is 2. The number of likely N-dealkylation sites (tertiary alicyclic amines) is 1. The molecular weight excluding hydrogens is 432 g/mol. The molecule has 6 nitrogen and oxygen atoms in total. The number of nitrogens with zero attached hydrogens (tertiary/aromatic N) is 2. The Hall–Kier alpha value is -2.12. The van der Waals surface area contributed by atoms with Crippen molar-refractivity contribution < 1.29 is 9.59 Å². The fourth-order valence-electron chi connectivity index (χ4n) is 4.15. The highest BCUT2D eigenvalue weighted by molar-refractivity contribution is 7.13. The Bertz CT molecular complexity index is 911. The molecule has 1 atom stereocenters. The summed E-state index contributed by atoms with van der Waals surface area (Å²) in [6.45, 7) is 9.93. The van der Waals surface area contributed by atoms with Crippen LogP contribution in [0.5, 0.6) is 0 Å². The van der Waals surface area contributed by atoms with Crippen LogP contribution in [0, 0.1) is 5.41 Å². The average molecular weight is 463 g/mol. The highest BCUT2D eigenvalue weighted by atomic mass is 35.5. The predicted octanol–water partition coefficient (Wildman–Crippen LogP) is 4.32. The minimum Gasteiger partial charge on any atom is -0.354 e. The van der Waals surface area contributed by atoms with E-state index in [2.05, 4.69) is 41.6 Å². The Balaban J connectivity index is 1.51. The van der Waals surface area contributed by atoms with Gasteiger partial charge in [0.2, 0.25) is 11.8 Å². The summed E-state index contributed by atoms with van der Waals surface area (Å²) >= 11 is 7.45. The van der Waals surface area contributed by atoms with Crippen molar-refractivity contribution in [2.45, 2.75) is 52.5 Å². The van der Waals surface area contributed by atoms with E-state index in [4.69, 9.17) is 11.6 Å². The molecule has 0 saturated carbocycles. The molecule has 8 heteroatoms. The molecule has 1 aromatic carbocycles. The summed E-state index contributed by atoms with van der Waals surface area (Å²) in [4.78, 5) is 31.1. The van der Waals surface area contributed by atoms with Crippen molar-refractivity contribution in [2.75, 3.05) is 25.0 Å². The first-order valence-electron chi connectivity index (χ1n) is 10.6. The van der Waals surface area contributed by atoms with Gasteiger partial charge in [0.25, 0.3) is 0 Å². The Kier molecular flexibility index (Phi) is 7.59. The molecule has 1 fully saturated rings. The van der Waals surface area contributed by atoms with Crippen LogP contribution in [0.15, 0.2) is 29.6 Å². The van der Waals surface area contributed by atoms with Crippen molar-refractivity contribution in [1.82, 2.24) is 15.2 Å². The van der Waals surface area contributed by atoms with Crippen LogP contribution >= 0.6 is 22.9 Å². The summed E-state index contributed by atoms with van der Waals surface area (Å²) in [6.07, 6.45) is 1.17. The number of rotatable bonds is 7. The maximum Gasteiger partial charge on any atom is 0.241 e. The predicted molar refractivity (Wildman–Crippen MR) is 127 cm³/mol. The maximum atomic E-state index is 12.8. The minimum absolute atomic E-state index is 0.0279. The van der Waals surface area contributed by atoms with Crippen LogP contribution in [0.3, 0.4) is 0 Å². The zero-order chi connectivity index (χ0) is 22.6. The zero-order valence-corrected chi connectivity index (χ0v) is 20.1. The quantitative estimate of drug-likeness (QED) is 0.642. The van der Waals surface area contributed by atoms with E-state index in [1.165, 1.54) is 16.9 Å². The molecule has 168 valence electrons. The number of carbonyl (C=O) groups excluding carboxylic acids is 2. The highest BCUT2D eigenvalue weighted by Gasteiger charge is 2.38. The van der Waals surface area contributed by atoms with Crippen LogP contribution in [0.1, 0.15) is 51.3 Å². The van der Waals surface area contributed by atoms with Gasteiger partial charge in [-0.3, -0.25) is 9.59 Å². The first-order valence-corrected chi connectivity index (χ1v) is 11.9. The highest BCUT2D eigenvalue weighted by Crippen LogP contribution is 2.42. The van der Waals surface area contributed by atoms with Gasteiger partial charge in [-0.1, -0.05) is 37.6 Å². The van der Waals surface area contributed by atoms with E-state index < -0.39 is 0 Å². The number of aromatic nitrogens is 1. The Morgan fingerprint density at radius 3 is 2.65 bits per heavy atom. The summed E-state index contributed by atoms with van der Waals surface area (Å²) in [5, 5.41) is 9.24. The van der Waals surface area contributed by atoms with Crippen molar-refractivity contribution >= 4 is 39.9 Å². The van der Waals surface area contributed by atoms with Crippen molar-refractivity contribution in [1.29, 1.82) is 0 Å². The van der Waals surface area contributed by atoms with Crippen LogP contribution in [-0.4, -0.2) is 47.4 Å². The number of carbonyl (C=O) groups is 2. The van der Waals surface area contributed by atoms with E-state index >= 15 is 0 Å². The van der Waals surface area contributed by atoms with Gasteiger partial charge < -0.3 is 15.5 Å². The minimum atomic E-state index is -0.0475. The first kappa shape index (κ1) is 23.5. The smallest absolute Gasteiger partial charge is 0.241 e. The van der Waals surface area contributed by atoms with E-state index in [-0.39, 0.29) is 36.2 Å². The molecule has 0 bridgehead atoms. The van der Waals surface area contributed by atoms with Gasteiger partial charge >= 0.3 is 0 Å². The first-order chi connectivity index (χ1) is 14.6. The second-order valence-corrected chi connectivity index (χ2v) is 10.4. The van der Waals surface area contributed by atoms with E-state index in [9.17, 15) is 9.59 Å². The number of thiazole rings is 1. The second-order valence-electron chi connectivity index (χ2n) is 9.09. The Morgan fingerprint density at radius 1 is 1.29 bits per heavy atom. The molecule has 2 heterocycles. The molecule has 0 spiro atoms. The lowest BCUT2D eigenvalue weighted by atomic mass is 9.70. The molecule has 1 aliphatic rings. The van der Waals surface area contributed by atoms with Gasteiger partial charge in [0.1, 0.15) is 0 Å². The average Bonchev–Trinajstić information content (AvgIpc) is 3.12. The second kappa shape index (κ2) is 10.0. The lowest BCUT2D eigenvalue weighted by Crippen LogP contribution is -2.48. The number of hydrogen-bond acceptors (Lipinski definition) is 5. The number of piperidine rings is 1. The molecule has 3 rings (SSSR count). The number of benzene rings is 1. The fourth-order valence-corrected chi connectivity index (χ4v) is 4.99. The normalized spacial score (nSPS) is 18.1. The monoisotopic (exact) mass is 462 g/mol. The topological polar surface area (TPSA) is 74.3 Å². The lowest BCUT2D eigenvalue weighted by molar-refractivity contribution is -0.132. The van der Waals surface area contributed by atoms with Crippen molar-refractivity contribution in [3.8, 4) is 0 Å². The molecular formula is C23H31ClN4O2S. The standard InChI is InChI=1S/C23H31ClN4O2S/c1-15(2)26-20(29)11-18-13-31-22(27-18)25-12-21(30)28-10-9-19(23(3,4)14-28)16-5-7-17(24)8-6-16/h5-8,13,15,19H,9-12,14H2,1-4H3,(H,25,27)(H,26,29). The molecule has 1 saturated heterocycles. The van der Waals surface area contributed by atoms with Crippen LogP contribution in [-0.2, 0) is 16.0 Å². The summed E-state index contributed by atoms with van der Waals surface area (Å²) in [7, 11) is 0. The summed E-state index contributed by atoms with van der Waals surface area (Å²) in [6, 6.07) is 8.16.